The van der Waals surface area contributed by atoms with Crippen molar-refractivity contribution in [2.24, 2.45) is 0 Å². The summed E-state index contributed by atoms with van der Waals surface area (Å²) in [4.78, 5) is 4.32. The predicted molar refractivity (Wildman–Crippen MR) is 71.2 cm³/mol. The minimum Gasteiger partial charge on any atom is -0.447 e. The number of aromatic nitrogens is 1. The number of rotatable bonds is 3. The first-order valence-electron chi connectivity index (χ1n) is 5.95. The fourth-order valence-electron chi connectivity index (χ4n) is 2.01. The first kappa shape index (κ1) is 10.8. The maximum atomic E-state index is 5.51. The normalized spacial score (nSPS) is 10.4. The summed E-state index contributed by atoms with van der Waals surface area (Å²) >= 11 is 0. The van der Waals surface area contributed by atoms with E-state index < -0.39 is 0 Å². The van der Waals surface area contributed by atoms with Gasteiger partial charge in [-0.2, -0.15) is 0 Å². The molecule has 3 rings (SSSR count). The second kappa shape index (κ2) is 4.88. The van der Waals surface area contributed by atoms with Crippen LogP contribution in [0.2, 0.25) is 0 Å². The molecule has 0 amide bonds. The topological polar surface area (TPSA) is 26.0 Å². The molecule has 2 nitrogen and oxygen atoms in total. The molecule has 0 aliphatic heterocycles. The smallest absolute Gasteiger partial charge is 0.181 e. The minimum atomic E-state index is 0.769. The van der Waals surface area contributed by atoms with E-state index in [2.05, 4.69) is 17.1 Å². The highest BCUT2D eigenvalue weighted by Crippen LogP contribution is 2.23. The lowest BCUT2D eigenvalue weighted by molar-refractivity contribution is 0.515. The van der Waals surface area contributed by atoms with Crippen LogP contribution in [0.15, 0.2) is 71.5 Å². The largest absolute Gasteiger partial charge is 0.447 e. The summed E-state index contributed by atoms with van der Waals surface area (Å²) in [6.45, 7) is 0. The molecule has 18 heavy (non-hydrogen) atoms. The van der Waals surface area contributed by atoms with Gasteiger partial charge in [-0.05, 0) is 5.56 Å². The van der Waals surface area contributed by atoms with E-state index in [4.69, 9.17) is 4.42 Å². The molecule has 0 aliphatic rings. The maximum Gasteiger partial charge on any atom is 0.181 e. The van der Waals surface area contributed by atoms with Crippen molar-refractivity contribution >= 4 is 0 Å². The number of benzene rings is 2. The fourth-order valence-corrected chi connectivity index (χ4v) is 2.01. The van der Waals surface area contributed by atoms with Gasteiger partial charge in [0.15, 0.2) is 6.39 Å². The van der Waals surface area contributed by atoms with Crippen LogP contribution in [0.3, 0.4) is 0 Å². The third-order valence-electron chi connectivity index (χ3n) is 2.90. The molecule has 0 spiro atoms. The molecule has 0 N–H and O–H groups in total. The summed E-state index contributed by atoms with van der Waals surface area (Å²) in [5.74, 6) is 0.910. The molecule has 2 aromatic carbocycles. The van der Waals surface area contributed by atoms with Crippen molar-refractivity contribution in [1.29, 1.82) is 0 Å². The molecule has 3 aromatic rings. The summed E-state index contributed by atoms with van der Waals surface area (Å²) in [5, 5.41) is 0. The van der Waals surface area contributed by atoms with E-state index in [-0.39, 0.29) is 0 Å². The number of hydrogen-bond donors (Lipinski definition) is 0. The van der Waals surface area contributed by atoms with Crippen molar-refractivity contribution in [3.8, 4) is 11.3 Å². The average molecular weight is 235 g/mol. The molecule has 1 aromatic heterocycles. The Labute approximate surface area is 106 Å². The molecule has 0 saturated heterocycles. The summed E-state index contributed by atoms with van der Waals surface area (Å²) in [6, 6.07) is 20.4. The quantitative estimate of drug-likeness (QED) is 0.687. The van der Waals surface area contributed by atoms with Crippen LogP contribution >= 0.6 is 0 Å². The monoisotopic (exact) mass is 235 g/mol. The van der Waals surface area contributed by atoms with Crippen LogP contribution < -0.4 is 0 Å². The Morgan fingerprint density at radius 3 is 2.22 bits per heavy atom. The van der Waals surface area contributed by atoms with Crippen LogP contribution in [0.25, 0.3) is 11.3 Å². The molecule has 88 valence electrons. The van der Waals surface area contributed by atoms with Gasteiger partial charge in [0, 0.05) is 12.0 Å². The molecule has 0 saturated carbocycles. The second-order valence-electron chi connectivity index (χ2n) is 4.15. The molecule has 0 bridgehead atoms. The van der Waals surface area contributed by atoms with E-state index in [1.807, 2.05) is 48.5 Å². The lowest BCUT2D eigenvalue weighted by Crippen LogP contribution is -1.89. The van der Waals surface area contributed by atoms with Gasteiger partial charge in [-0.1, -0.05) is 60.7 Å². The van der Waals surface area contributed by atoms with Crippen molar-refractivity contribution in [1.82, 2.24) is 4.98 Å². The average Bonchev–Trinajstić information content (AvgIpc) is 2.89. The fraction of sp³-hybridized carbons (Fsp3) is 0.0625. The molecule has 2 heteroatoms. The number of hydrogen-bond acceptors (Lipinski definition) is 2. The molecular formula is C16H13NO. The zero-order valence-electron chi connectivity index (χ0n) is 9.91. The lowest BCUT2D eigenvalue weighted by atomic mass is 10.1. The van der Waals surface area contributed by atoms with Crippen molar-refractivity contribution in [3.05, 3.63) is 78.4 Å². The van der Waals surface area contributed by atoms with Crippen molar-refractivity contribution in [3.63, 3.8) is 0 Å². The second-order valence-corrected chi connectivity index (χ2v) is 4.15. The van der Waals surface area contributed by atoms with Crippen LogP contribution in [0.1, 0.15) is 11.3 Å². The van der Waals surface area contributed by atoms with Gasteiger partial charge in [-0.15, -0.1) is 0 Å². The molecule has 0 aliphatic carbocycles. The van der Waals surface area contributed by atoms with Gasteiger partial charge < -0.3 is 4.42 Å². The maximum absolute atomic E-state index is 5.51. The van der Waals surface area contributed by atoms with Crippen LogP contribution in [0, 0.1) is 0 Å². The molecule has 0 atom stereocenters. The number of nitrogens with zero attached hydrogens (tertiary/aromatic N) is 1. The van der Waals surface area contributed by atoms with Gasteiger partial charge in [0.1, 0.15) is 11.5 Å². The van der Waals surface area contributed by atoms with Crippen molar-refractivity contribution in [2.75, 3.05) is 0 Å². The summed E-state index contributed by atoms with van der Waals surface area (Å²) < 4.78 is 5.51. The van der Waals surface area contributed by atoms with Gasteiger partial charge in [0.25, 0.3) is 0 Å². The highest BCUT2D eigenvalue weighted by molar-refractivity contribution is 5.61. The van der Waals surface area contributed by atoms with Crippen LogP contribution in [-0.4, -0.2) is 4.98 Å². The highest BCUT2D eigenvalue weighted by atomic mass is 16.3. The molecule has 0 unspecified atom stereocenters. The van der Waals surface area contributed by atoms with E-state index in [9.17, 15) is 0 Å². The number of oxazole rings is 1. The Morgan fingerprint density at radius 1 is 0.833 bits per heavy atom. The first-order chi connectivity index (χ1) is 8.93. The molecular weight excluding hydrogens is 222 g/mol. The Morgan fingerprint density at radius 2 is 1.50 bits per heavy atom. The van der Waals surface area contributed by atoms with Gasteiger partial charge in [0.2, 0.25) is 0 Å². The van der Waals surface area contributed by atoms with E-state index in [0.717, 1.165) is 23.4 Å². The van der Waals surface area contributed by atoms with Gasteiger partial charge in [-0.25, -0.2) is 4.98 Å². The highest BCUT2D eigenvalue weighted by Gasteiger charge is 2.10. The Kier molecular flexibility index (Phi) is 2.92. The predicted octanol–water partition coefficient (Wildman–Crippen LogP) is 3.93. The van der Waals surface area contributed by atoms with E-state index in [1.54, 1.807) is 0 Å². The van der Waals surface area contributed by atoms with Gasteiger partial charge in [0.05, 0.1) is 0 Å². The lowest BCUT2D eigenvalue weighted by Gasteiger charge is -2.01. The summed E-state index contributed by atoms with van der Waals surface area (Å²) in [6.07, 6.45) is 2.28. The Hall–Kier alpha value is -2.35. The third kappa shape index (κ3) is 2.18. The summed E-state index contributed by atoms with van der Waals surface area (Å²) in [5.41, 5.74) is 3.25. The van der Waals surface area contributed by atoms with E-state index in [0.29, 0.717) is 0 Å². The zero-order valence-corrected chi connectivity index (χ0v) is 9.91. The van der Waals surface area contributed by atoms with Crippen molar-refractivity contribution in [2.45, 2.75) is 6.42 Å². The third-order valence-corrected chi connectivity index (χ3v) is 2.90. The molecule has 0 fully saturated rings. The van der Waals surface area contributed by atoms with Gasteiger partial charge in [-0.3, -0.25) is 0 Å². The molecule has 1 heterocycles. The van der Waals surface area contributed by atoms with Crippen LogP contribution in [0.5, 0.6) is 0 Å². The summed E-state index contributed by atoms with van der Waals surface area (Å²) in [7, 11) is 0. The Balaban J connectivity index is 1.93. The first-order valence-corrected chi connectivity index (χ1v) is 5.95. The standard InChI is InChI=1S/C16H13NO/c1-3-7-13(8-4-1)11-15-16(17-12-18-15)14-9-5-2-6-10-14/h1-10,12H,11H2. The van der Waals surface area contributed by atoms with Crippen LogP contribution in [0.4, 0.5) is 0 Å². The SMILES string of the molecule is c1ccc(Cc2ocnc2-c2ccccc2)cc1. The van der Waals surface area contributed by atoms with E-state index in [1.165, 1.54) is 12.0 Å². The van der Waals surface area contributed by atoms with Gasteiger partial charge >= 0.3 is 0 Å². The van der Waals surface area contributed by atoms with E-state index >= 15 is 0 Å². The van der Waals surface area contributed by atoms with Crippen molar-refractivity contribution < 1.29 is 4.42 Å². The Bertz CT molecular complexity index is 614. The molecule has 0 radical (unpaired) electrons. The minimum absolute atomic E-state index is 0.769. The zero-order chi connectivity index (χ0) is 12.2. The van der Waals surface area contributed by atoms with Crippen LogP contribution in [-0.2, 0) is 6.42 Å².